The summed E-state index contributed by atoms with van der Waals surface area (Å²) in [5.41, 5.74) is 3.53. The summed E-state index contributed by atoms with van der Waals surface area (Å²) >= 11 is 12.0. The lowest BCUT2D eigenvalue weighted by Gasteiger charge is -2.03. The maximum atomic E-state index is 12.1. The van der Waals surface area contributed by atoms with E-state index in [2.05, 4.69) is 15.5 Å². The Hall–Kier alpha value is -2.57. The number of nitrogens with one attached hydrogen (secondary N) is 1. The van der Waals surface area contributed by atoms with Gasteiger partial charge in [0.05, 0.1) is 34.7 Å². The van der Waals surface area contributed by atoms with Crippen LogP contribution in [0.4, 0.5) is 5.69 Å². The first kappa shape index (κ1) is 19.2. The van der Waals surface area contributed by atoms with Gasteiger partial charge in [0.25, 0.3) is 0 Å². The van der Waals surface area contributed by atoms with Gasteiger partial charge in [0.2, 0.25) is 5.91 Å². The van der Waals surface area contributed by atoms with E-state index in [4.69, 9.17) is 23.2 Å². The Balaban J connectivity index is 1.61. The highest BCUT2D eigenvalue weighted by Gasteiger charge is 2.06. The summed E-state index contributed by atoms with van der Waals surface area (Å²) in [5.74, 6) is -0.229. The molecule has 1 aromatic carbocycles. The summed E-state index contributed by atoms with van der Waals surface area (Å²) in [5, 5.41) is 12.3. The van der Waals surface area contributed by atoms with Gasteiger partial charge in [-0.15, -0.1) is 0 Å². The number of halogens is 2. The zero-order valence-electron chi connectivity index (χ0n) is 15.0. The van der Waals surface area contributed by atoms with Crippen LogP contribution in [0.25, 0.3) is 6.08 Å². The molecular formula is C19H19Cl2N5O. The number of hydrogen-bond donors (Lipinski definition) is 1. The molecule has 0 saturated heterocycles. The van der Waals surface area contributed by atoms with Crippen LogP contribution in [-0.2, 0) is 17.9 Å². The van der Waals surface area contributed by atoms with E-state index in [-0.39, 0.29) is 5.91 Å². The van der Waals surface area contributed by atoms with Gasteiger partial charge in [0, 0.05) is 30.1 Å². The van der Waals surface area contributed by atoms with E-state index < -0.39 is 0 Å². The largest absolute Gasteiger partial charge is 0.320 e. The van der Waals surface area contributed by atoms with E-state index in [0.717, 1.165) is 23.4 Å². The first-order chi connectivity index (χ1) is 13.0. The second-order valence-electron chi connectivity index (χ2n) is 6.00. The van der Waals surface area contributed by atoms with Crippen LogP contribution in [-0.4, -0.2) is 25.5 Å². The molecule has 3 aromatic rings. The zero-order valence-corrected chi connectivity index (χ0v) is 16.5. The van der Waals surface area contributed by atoms with Crippen molar-refractivity contribution in [2.45, 2.75) is 26.9 Å². The molecule has 0 aliphatic rings. The number of carbonyl (C=O) groups excluding carboxylic acids is 1. The third kappa shape index (κ3) is 4.78. The predicted octanol–water partition coefficient (Wildman–Crippen LogP) is 4.41. The molecule has 0 aliphatic carbocycles. The fourth-order valence-corrected chi connectivity index (χ4v) is 2.95. The van der Waals surface area contributed by atoms with Crippen LogP contribution in [0.5, 0.6) is 0 Å². The third-order valence-electron chi connectivity index (χ3n) is 4.08. The Kier molecular flexibility index (Phi) is 5.98. The molecular weight excluding hydrogens is 385 g/mol. The summed E-state index contributed by atoms with van der Waals surface area (Å²) < 4.78 is 3.60. The van der Waals surface area contributed by atoms with Gasteiger partial charge in [-0.2, -0.15) is 10.2 Å². The number of hydrogen-bond acceptors (Lipinski definition) is 3. The van der Waals surface area contributed by atoms with Crippen LogP contribution in [0.3, 0.4) is 0 Å². The highest BCUT2D eigenvalue weighted by Crippen LogP contribution is 2.23. The van der Waals surface area contributed by atoms with Crippen molar-refractivity contribution in [3.63, 3.8) is 0 Å². The van der Waals surface area contributed by atoms with Crippen LogP contribution >= 0.6 is 23.2 Å². The number of anilines is 1. The number of aromatic nitrogens is 4. The second-order valence-corrected chi connectivity index (χ2v) is 6.81. The number of carbonyl (C=O) groups is 1. The number of nitrogens with zero attached hydrogens (tertiary/aromatic N) is 4. The molecule has 2 heterocycles. The Morgan fingerprint density at radius 2 is 2.04 bits per heavy atom. The Morgan fingerprint density at radius 1 is 1.22 bits per heavy atom. The van der Waals surface area contributed by atoms with Crippen molar-refractivity contribution in [3.8, 4) is 0 Å². The van der Waals surface area contributed by atoms with Gasteiger partial charge < -0.3 is 5.32 Å². The van der Waals surface area contributed by atoms with E-state index in [0.29, 0.717) is 22.3 Å². The molecule has 0 aliphatic heterocycles. The maximum Gasteiger partial charge on any atom is 0.248 e. The van der Waals surface area contributed by atoms with Crippen LogP contribution in [0, 0.1) is 6.92 Å². The van der Waals surface area contributed by atoms with Crippen molar-refractivity contribution in [1.82, 2.24) is 19.6 Å². The van der Waals surface area contributed by atoms with Gasteiger partial charge >= 0.3 is 0 Å². The fourth-order valence-electron chi connectivity index (χ4n) is 2.63. The van der Waals surface area contributed by atoms with Gasteiger partial charge in [-0.1, -0.05) is 29.3 Å². The van der Waals surface area contributed by atoms with Crippen LogP contribution in [0.15, 0.2) is 42.9 Å². The lowest BCUT2D eigenvalue weighted by atomic mass is 10.2. The average Bonchev–Trinajstić information content (AvgIpc) is 3.22. The number of aryl methyl sites for hydroxylation is 1. The molecule has 1 amide bonds. The molecule has 0 bridgehead atoms. The van der Waals surface area contributed by atoms with E-state index in [1.807, 2.05) is 24.6 Å². The average molecular weight is 404 g/mol. The zero-order chi connectivity index (χ0) is 19.4. The minimum atomic E-state index is -0.229. The molecule has 0 atom stereocenters. The van der Waals surface area contributed by atoms with Gasteiger partial charge in [-0.3, -0.25) is 14.2 Å². The fraction of sp³-hybridized carbons (Fsp3) is 0.211. The molecule has 0 radical (unpaired) electrons. The minimum absolute atomic E-state index is 0.229. The van der Waals surface area contributed by atoms with Crippen LogP contribution in [0.1, 0.15) is 23.7 Å². The summed E-state index contributed by atoms with van der Waals surface area (Å²) in [6.45, 7) is 5.32. The number of rotatable bonds is 6. The normalized spacial score (nSPS) is 11.3. The van der Waals surface area contributed by atoms with Gasteiger partial charge in [-0.05, 0) is 37.6 Å². The van der Waals surface area contributed by atoms with Crippen molar-refractivity contribution in [1.29, 1.82) is 0 Å². The first-order valence-electron chi connectivity index (χ1n) is 8.44. The summed E-state index contributed by atoms with van der Waals surface area (Å²) in [6, 6.07) is 5.43. The quantitative estimate of drug-likeness (QED) is 0.619. The lowest BCUT2D eigenvalue weighted by molar-refractivity contribution is -0.111. The Morgan fingerprint density at radius 3 is 2.74 bits per heavy atom. The standard InChI is InChI=1S/C19H19Cl2N5O/c1-3-26-13(2)15(9-23-26)5-7-19(27)24-16-10-22-25(12-16)11-14-4-6-17(20)18(21)8-14/h4-10,12H,3,11H2,1-2H3,(H,24,27)/b7-5+. The number of benzene rings is 1. The van der Waals surface area contributed by atoms with Crippen LogP contribution in [0.2, 0.25) is 10.0 Å². The van der Waals surface area contributed by atoms with Gasteiger partial charge in [0.1, 0.15) is 0 Å². The molecule has 27 heavy (non-hydrogen) atoms. The smallest absolute Gasteiger partial charge is 0.248 e. The van der Waals surface area contributed by atoms with Crippen LogP contribution < -0.4 is 5.32 Å². The molecule has 0 unspecified atom stereocenters. The molecule has 140 valence electrons. The first-order valence-corrected chi connectivity index (χ1v) is 9.19. The summed E-state index contributed by atoms with van der Waals surface area (Å²) in [6.07, 6.45) is 8.35. The molecule has 0 spiro atoms. The second kappa shape index (κ2) is 8.41. The van der Waals surface area contributed by atoms with Crippen molar-refractivity contribution < 1.29 is 4.79 Å². The molecule has 1 N–H and O–H groups in total. The Labute approximate surface area is 167 Å². The molecule has 8 heteroatoms. The van der Waals surface area contributed by atoms with E-state index in [1.54, 1.807) is 41.5 Å². The molecule has 6 nitrogen and oxygen atoms in total. The van der Waals surface area contributed by atoms with Gasteiger partial charge in [-0.25, -0.2) is 0 Å². The highest BCUT2D eigenvalue weighted by atomic mass is 35.5. The van der Waals surface area contributed by atoms with Crippen molar-refractivity contribution in [2.24, 2.45) is 0 Å². The van der Waals surface area contributed by atoms with E-state index in [1.165, 1.54) is 6.08 Å². The van der Waals surface area contributed by atoms with Crippen molar-refractivity contribution in [2.75, 3.05) is 5.32 Å². The lowest BCUT2D eigenvalue weighted by Crippen LogP contribution is -2.07. The van der Waals surface area contributed by atoms with E-state index >= 15 is 0 Å². The third-order valence-corrected chi connectivity index (χ3v) is 4.82. The van der Waals surface area contributed by atoms with Gasteiger partial charge in [0.15, 0.2) is 0 Å². The maximum absolute atomic E-state index is 12.1. The highest BCUT2D eigenvalue weighted by molar-refractivity contribution is 6.42. The minimum Gasteiger partial charge on any atom is -0.320 e. The Bertz CT molecular complexity index is 990. The van der Waals surface area contributed by atoms with Crippen molar-refractivity contribution in [3.05, 3.63) is 69.7 Å². The molecule has 3 rings (SSSR count). The summed E-state index contributed by atoms with van der Waals surface area (Å²) in [7, 11) is 0. The van der Waals surface area contributed by atoms with Crippen molar-refractivity contribution >= 4 is 40.9 Å². The SMILES string of the molecule is CCn1ncc(/C=C/C(=O)Nc2cnn(Cc3ccc(Cl)c(Cl)c3)c2)c1C. The predicted molar refractivity (Wildman–Crippen MR) is 108 cm³/mol. The van der Waals surface area contributed by atoms with E-state index in [9.17, 15) is 4.79 Å². The molecule has 0 saturated carbocycles. The summed E-state index contributed by atoms with van der Waals surface area (Å²) in [4.78, 5) is 12.1. The molecule has 0 fully saturated rings. The topological polar surface area (TPSA) is 64.7 Å². The monoisotopic (exact) mass is 403 g/mol. The number of amides is 1. The molecule has 2 aromatic heterocycles.